The van der Waals surface area contributed by atoms with Crippen LogP contribution in [0.5, 0.6) is 0 Å². The number of aryl methyl sites for hydroxylation is 1. The monoisotopic (exact) mass is 369 g/mol. The SMILES string of the molecule is Cn1ccc(C(=O)Nc2ccc(NC(=O)C3N=CNC3(C)C(N)=O)cc2)n1. The van der Waals surface area contributed by atoms with Crippen LogP contribution in [-0.2, 0) is 16.6 Å². The molecule has 0 saturated carbocycles. The highest BCUT2D eigenvalue weighted by Crippen LogP contribution is 2.20. The minimum Gasteiger partial charge on any atom is -0.368 e. The average molecular weight is 369 g/mol. The first-order valence-electron chi connectivity index (χ1n) is 8.11. The Morgan fingerprint density at radius 3 is 2.33 bits per heavy atom. The van der Waals surface area contributed by atoms with Crippen LogP contribution in [0.2, 0.25) is 0 Å². The van der Waals surface area contributed by atoms with E-state index in [1.54, 1.807) is 43.6 Å². The molecule has 0 fully saturated rings. The van der Waals surface area contributed by atoms with E-state index in [4.69, 9.17) is 5.73 Å². The van der Waals surface area contributed by atoms with Crippen LogP contribution in [0.3, 0.4) is 0 Å². The van der Waals surface area contributed by atoms with Gasteiger partial charge in [0, 0.05) is 24.6 Å². The molecule has 10 nitrogen and oxygen atoms in total. The van der Waals surface area contributed by atoms with Crippen molar-refractivity contribution in [3.8, 4) is 0 Å². The third kappa shape index (κ3) is 3.64. The molecule has 0 saturated heterocycles. The number of aliphatic imine (C=N–C) groups is 1. The number of aromatic nitrogens is 2. The molecule has 1 aromatic carbocycles. The predicted octanol–water partition coefficient (Wildman–Crippen LogP) is -0.145. The summed E-state index contributed by atoms with van der Waals surface area (Å²) in [6.45, 7) is 1.52. The molecular weight excluding hydrogens is 350 g/mol. The fourth-order valence-corrected chi connectivity index (χ4v) is 2.59. The van der Waals surface area contributed by atoms with Crippen LogP contribution in [0, 0.1) is 0 Å². The number of nitrogens with two attached hydrogens (primary N) is 1. The van der Waals surface area contributed by atoms with Gasteiger partial charge < -0.3 is 21.7 Å². The maximum atomic E-state index is 12.4. The Morgan fingerprint density at radius 1 is 1.15 bits per heavy atom. The van der Waals surface area contributed by atoms with E-state index >= 15 is 0 Å². The van der Waals surface area contributed by atoms with Gasteiger partial charge in [0.25, 0.3) is 11.8 Å². The summed E-state index contributed by atoms with van der Waals surface area (Å²) in [5, 5.41) is 12.1. The Kier molecular flexibility index (Phi) is 4.63. The van der Waals surface area contributed by atoms with Crippen molar-refractivity contribution in [2.24, 2.45) is 17.8 Å². The van der Waals surface area contributed by atoms with E-state index in [1.165, 1.54) is 17.9 Å². The number of anilines is 2. The van der Waals surface area contributed by atoms with Gasteiger partial charge in [-0.05, 0) is 37.3 Å². The van der Waals surface area contributed by atoms with E-state index in [0.717, 1.165) is 0 Å². The molecule has 10 heteroatoms. The van der Waals surface area contributed by atoms with Gasteiger partial charge in [-0.1, -0.05) is 0 Å². The molecule has 2 heterocycles. The largest absolute Gasteiger partial charge is 0.368 e. The van der Waals surface area contributed by atoms with Crippen molar-refractivity contribution in [3.05, 3.63) is 42.2 Å². The fraction of sp³-hybridized carbons (Fsp3) is 0.235. The quantitative estimate of drug-likeness (QED) is 0.580. The lowest BCUT2D eigenvalue weighted by Crippen LogP contribution is -2.59. The predicted molar refractivity (Wildman–Crippen MR) is 99.2 cm³/mol. The third-order valence-corrected chi connectivity index (χ3v) is 4.25. The minimum atomic E-state index is -1.28. The number of hydrogen-bond acceptors (Lipinski definition) is 6. The summed E-state index contributed by atoms with van der Waals surface area (Å²) in [5.74, 6) is -1.48. The third-order valence-electron chi connectivity index (χ3n) is 4.25. The van der Waals surface area contributed by atoms with Gasteiger partial charge in [-0.2, -0.15) is 5.10 Å². The maximum Gasteiger partial charge on any atom is 0.276 e. The lowest BCUT2D eigenvalue weighted by atomic mass is 9.92. The number of rotatable bonds is 5. The van der Waals surface area contributed by atoms with Crippen LogP contribution >= 0.6 is 0 Å². The molecule has 1 aromatic heterocycles. The average Bonchev–Trinajstić information content (AvgIpc) is 3.23. The molecule has 1 aliphatic heterocycles. The molecular formula is C17H19N7O3. The van der Waals surface area contributed by atoms with Crippen molar-refractivity contribution in [1.29, 1.82) is 0 Å². The number of nitrogens with zero attached hydrogens (tertiary/aromatic N) is 3. The molecule has 1 aliphatic rings. The number of amides is 3. The first kappa shape index (κ1) is 18.1. The Balaban J connectivity index is 1.64. The van der Waals surface area contributed by atoms with Gasteiger partial charge >= 0.3 is 0 Å². The van der Waals surface area contributed by atoms with Crippen molar-refractivity contribution in [1.82, 2.24) is 15.1 Å². The molecule has 27 heavy (non-hydrogen) atoms. The van der Waals surface area contributed by atoms with E-state index in [2.05, 4.69) is 26.0 Å². The van der Waals surface area contributed by atoms with Gasteiger partial charge in [0.2, 0.25) is 5.91 Å². The molecule has 140 valence electrons. The highest BCUT2D eigenvalue weighted by atomic mass is 16.2. The number of benzene rings is 1. The topological polar surface area (TPSA) is 144 Å². The van der Waals surface area contributed by atoms with E-state index in [1.807, 2.05) is 0 Å². The lowest BCUT2D eigenvalue weighted by molar-refractivity contribution is -0.128. The second kappa shape index (κ2) is 6.90. The first-order chi connectivity index (χ1) is 12.8. The molecule has 3 amide bonds. The van der Waals surface area contributed by atoms with Crippen molar-refractivity contribution in [3.63, 3.8) is 0 Å². The van der Waals surface area contributed by atoms with Crippen LogP contribution < -0.4 is 21.7 Å². The van der Waals surface area contributed by atoms with E-state index < -0.39 is 23.4 Å². The molecule has 2 aromatic rings. The summed E-state index contributed by atoms with van der Waals surface area (Å²) in [6.07, 6.45) is 2.97. The summed E-state index contributed by atoms with van der Waals surface area (Å²) in [5.41, 5.74) is 5.42. The molecule has 0 radical (unpaired) electrons. The standard InChI is InChI=1S/C17H19N7O3/c1-17(16(18)27)13(19-9-20-17)15(26)22-11-5-3-10(4-6-11)21-14(25)12-7-8-24(2)23-12/h3-9,13H,1-2H3,(H2,18,27)(H,19,20)(H,21,25)(H,22,26). The number of carbonyl (C=O) groups excluding carboxylic acids is 3. The van der Waals surface area contributed by atoms with Crippen LogP contribution in [0.4, 0.5) is 11.4 Å². The Bertz CT molecular complexity index is 919. The highest BCUT2D eigenvalue weighted by Gasteiger charge is 2.46. The lowest BCUT2D eigenvalue weighted by Gasteiger charge is -2.26. The number of primary amides is 1. The second-order valence-corrected chi connectivity index (χ2v) is 6.29. The second-order valence-electron chi connectivity index (χ2n) is 6.29. The van der Waals surface area contributed by atoms with Gasteiger partial charge in [0.1, 0.15) is 5.54 Å². The van der Waals surface area contributed by atoms with Crippen molar-refractivity contribution >= 4 is 35.4 Å². The van der Waals surface area contributed by atoms with Gasteiger partial charge in [-0.3, -0.25) is 24.1 Å². The van der Waals surface area contributed by atoms with Crippen molar-refractivity contribution in [2.45, 2.75) is 18.5 Å². The number of hydrogen-bond donors (Lipinski definition) is 4. The zero-order valence-electron chi connectivity index (χ0n) is 14.8. The zero-order valence-corrected chi connectivity index (χ0v) is 14.8. The van der Waals surface area contributed by atoms with Gasteiger partial charge in [-0.25, -0.2) is 0 Å². The van der Waals surface area contributed by atoms with Gasteiger partial charge in [0.05, 0.1) is 6.34 Å². The van der Waals surface area contributed by atoms with E-state index in [0.29, 0.717) is 17.1 Å². The molecule has 0 bridgehead atoms. The smallest absolute Gasteiger partial charge is 0.276 e. The van der Waals surface area contributed by atoms with Crippen LogP contribution in [0.25, 0.3) is 0 Å². The van der Waals surface area contributed by atoms with Crippen molar-refractivity contribution in [2.75, 3.05) is 10.6 Å². The Labute approximate surface area is 154 Å². The summed E-state index contributed by atoms with van der Waals surface area (Å²) >= 11 is 0. The molecule has 2 unspecified atom stereocenters. The van der Waals surface area contributed by atoms with Crippen LogP contribution in [0.15, 0.2) is 41.5 Å². The normalized spacial score (nSPS) is 20.7. The van der Waals surface area contributed by atoms with Gasteiger partial charge in [-0.15, -0.1) is 0 Å². The molecule has 0 aliphatic carbocycles. The minimum absolute atomic E-state index is 0.298. The Morgan fingerprint density at radius 2 is 1.78 bits per heavy atom. The Hall–Kier alpha value is -3.69. The molecule has 2 atom stereocenters. The van der Waals surface area contributed by atoms with E-state index in [9.17, 15) is 14.4 Å². The molecule has 0 spiro atoms. The van der Waals surface area contributed by atoms with Gasteiger partial charge in [0.15, 0.2) is 11.7 Å². The zero-order chi connectivity index (χ0) is 19.6. The summed E-state index contributed by atoms with van der Waals surface area (Å²) in [4.78, 5) is 40.1. The summed E-state index contributed by atoms with van der Waals surface area (Å²) < 4.78 is 1.54. The number of nitrogens with one attached hydrogen (secondary N) is 3. The van der Waals surface area contributed by atoms with Crippen LogP contribution in [-0.4, -0.2) is 45.4 Å². The summed E-state index contributed by atoms with van der Waals surface area (Å²) in [6, 6.07) is 7.16. The number of carbonyl (C=O) groups is 3. The summed E-state index contributed by atoms with van der Waals surface area (Å²) in [7, 11) is 1.72. The highest BCUT2D eigenvalue weighted by molar-refractivity contribution is 6.05. The maximum absolute atomic E-state index is 12.4. The molecule has 5 N–H and O–H groups in total. The van der Waals surface area contributed by atoms with Crippen molar-refractivity contribution < 1.29 is 14.4 Å². The first-order valence-corrected chi connectivity index (χ1v) is 8.11. The fourth-order valence-electron chi connectivity index (χ4n) is 2.59. The van der Waals surface area contributed by atoms with E-state index in [-0.39, 0.29) is 5.91 Å². The van der Waals surface area contributed by atoms with Crippen LogP contribution in [0.1, 0.15) is 17.4 Å². The molecule has 3 rings (SSSR count).